The second kappa shape index (κ2) is 3.72. The summed E-state index contributed by atoms with van der Waals surface area (Å²) in [6, 6.07) is 7.70. The van der Waals surface area contributed by atoms with Gasteiger partial charge >= 0.3 is 0 Å². The van der Waals surface area contributed by atoms with Gasteiger partial charge in [-0.1, -0.05) is 0 Å². The molecule has 0 N–H and O–H groups in total. The van der Waals surface area contributed by atoms with Gasteiger partial charge in [0.25, 0.3) is 0 Å². The number of aromatic nitrogens is 2. The molecule has 0 aliphatic heterocycles. The third kappa shape index (κ3) is 1.42. The molecule has 3 aromatic rings. The molecule has 0 saturated carbocycles. The highest BCUT2D eigenvalue weighted by Gasteiger charge is 2.09. The maximum Gasteiger partial charge on any atom is 0.136 e. The molecule has 0 bridgehead atoms. The lowest BCUT2D eigenvalue weighted by Gasteiger charge is -2.03. The molecule has 0 spiro atoms. The van der Waals surface area contributed by atoms with Crippen molar-refractivity contribution in [3.63, 3.8) is 0 Å². The Hall–Kier alpha value is -1.68. The minimum Gasteiger partial charge on any atom is -0.464 e. The van der Waals surface area contributed by atoms with Crippen LogP contribution < -0.4 is 0 Å². The first kappa shape index (κ1) is 9.54. The molecule has 0 aliphatic rings. The highest BCUT2D eigenvalue weighted by atomic mass is 79.9. The number of benzene rings is 1. The quantitative estimate of drug-likeness (QED) is 0.680. The molecule has 3 nitrogen and oxygen atoms in total. The molecule has 0 fully saturated rings. The first-order valence-electron chi connectivity index (χ1n) is 4.79. The van der Waals surface area contributed by atoms with Crippen LogP contribution in [0.4, 0.5) is 0 Å². The average Bonchev–Trinajstić information content (AvgIpc) is 2.83. The van der Waals surface area contributed by atoms with Gasteiger partial charge in [0.05, 0.1) is 6.26 Å². The molecule has 4 heteroatoms. The molecule has 0 amide bonds. The number of nitrogens with zero attached hydrogens (tertiary/aromatic N) is 2. The van der Waals surface area contributed by atoms with E-state index in [1.165, 1.54) is 0 Å². The molecular weight excluding hydrogens is 268 g/mol. The second-order valence-corrected chi connectivity index (χ2v) is 4.18. The molecule has 2 heterocycles. The van der Waals surface area contributed by atoms with E-state index >= 15 is 0 Å². The maximum atomic E-state index is 5.38. The standard InChI is InChI=1S/C12H7BrN2O/c13-9-4-3-8(10-2-1-7-16-10)11-12(9)15-6-5-14-11/h1-7H. The summed E-state index contributed by atoms with van der Waals surface area (Å²) in [7, 11) is 0. The van der Waals surface area contributed by atoms with Crippen molar-refractivity contribution in [3.05, 3.63) is 47.4 Å². The fraction of sp³-hybridized carbons (Fsp3) is 0. The van der Waals surface area contributed by atoms with Crippen LogP contribution in [0.3, 0.4) is 0 Å². The highest BCUT2D eigenvalue weighted by molar-refractivity contribution is 9.10. The Kier molecular flexibility index (Phi) is 2.22. The van der Waals surface area contributed by atoms with E-state index in [0.717, 1.165) is 26.8 Å². The van der Waals surface area contributed by atoms with E-state index in [2.05, 4.69) is 25.9 Å². The van der Waals surface area contributed by atoms with Gasteiger partial charge in [-0.25, -0.2) is 0 Å². The third-order valence-corrected chi connectivity index (χ3v) is 3.00. The van der Waals surface area contributed by atoms with Gasteiger partial charge in [0, 0.05) is 22.4 Å². The van der Waals surface area contributed by atoms with Gasteiger partial charge in [0.1, 0.15) is 16.8 Å². The molecule has 2 aromatic heterocycles. The predicted molar refractivity (Wildman–Crippen MR) is 64.9 cm³/mol. The number of hydrogen-bond acceptors (Lipinski definition) is 3. The van der Waals surface area contributed by atoms with Crippen LogP contribution in [0.5, 0.6) is 0 Å². The van der Waals surface area contributed by atoms with Gasteiger partial charge < -0.3 is 4.42 Å². The zero-order valence-corrected chi connectivity index (χ0v) is 9.81. The van der Waals surface area contributed by atoms with Crippen molar-refractivity contribution in [1.82, 2.24) is 9.97 Å². The van der Waals surface area contributed by atoms with Gasteiger partial charge in [-0.15, -0.1) is 0 Å². The van der Waals surface area contributed by atoms with Crippen molar-refractivity contribution in [2.75, 3.05) is 0 Å². The van der Waals surface area contributed by atoms with Crippen molar-refractivity contribution in [2.45, 2.75) is 0 Å². The van der Waals surface area contributed by atoms with E-state index in [1.54, 1.807) is 18.7 Å². The Morgan fingerprint density at radius 2 is 1.81 bits per heavy atom. The summed E-state index contributed by atoms with van der Waals surface area (Å²) in [5, 5.41) is 0. The van der Waals surface area contributed by atoms with Crippen LogP contribution in [-0.4, -0.2) is 9.97 Å². The Bertz CT molecular complexity index is 635. The molecule has 3 rings (SSSR count). The number of halogens is 1. The van der Waals surface area contributed by atoms with Crippen molar-refractivity contribution < 1.29 is 4.42 Å². The Balaban J connectivity index is 2.39. The van der Waals surface area contributed by atoms with E-state index in [4.69, 9.17) is 4.42 Å². The number of hydrogen-bond donors (Lipinski definition) is 0. The molecule has 0 saturated heterocycles. The molecule has 1 aromatic carbocycles. The topological polar surface area (TPSA) is 38.9 Å². The van der Waals surface area contributed by atoms with Crippen LogP contribution in [0.1, 0.15) is 0 Å². The second-order valence-electron chi connectivity index (χ2n) is 3.33. The van der Waals surface area contributed by atoms with Crippen molar-refractivity contribution >= 4 is 27.0 Å². The SMILES string of the molecule is Brc1ccc(-c2ccco2)c2nccnc12. The van der Waals surface area contributed by atoms with Crippen molar-refractivity contribution in [3.8, 4) is 11.3 Å². The van der Waals surface area contributed by atoms with Gasteiger partial charge in [-0.3, -0.25) is 9.97 Å². The smallest absolute Gasteiger partial charge is 0.136 e. The fourth-order valence-electron chi connectivity index (χ4n) is 1.65. The van der Waals surface area contributed by atoms with Crippen LogP contribution in [0.25, 0.3) is 22.4 Å². The van der Waals surface area contributed by atoms with E-state index in [-0.39, 0.29) is 0 Å². The Morgan fingerprint density at radius 3 is 2.56 bits per heavy atom. The molecule has 0 aliphatic carbocycles. The molecule has 16 heavy (non-hydrogen) atoms. The van der Waals surface area contributed by atoms with Crippen molar-refractivity contribution in [1.29, 1.82) is 0 Å². The van der Waals surface area contributed by atoms with Crippen LogP contribution in [-0.2, 0) is 0 Å². The van der Waals surface area contributed by atoms with E-state index in [9.17, 15) is 0 Å². The average molecular weight is 275 g/mol. The molecule has 0 atom stereocenters. The summed E-state index contributed by atoms with van der Waals surface area (Å²) in [5.74, 6) is 0.804. The summed E-state index contributed by atoms with van der Waals surface area (Å²) in [6.45, 7) is 0. The van der Waals surface area contributed by atoms with Gasteiger partial charge in [0.15, 0.2) is 0 Å². The van der Waals surface area contributed by atoms with E-state index in [1.807, 2.05) is 24.3 Å². The lowest BCUT2D eigenvalue weighted by Crippen LogP contribution is -1.87. The van der Waals surface area contributed by atoms with Gasteiger partial charge in [-0.2, -0.15) is 0 Å². The molecular formula is C12H7BrN2O. The van der Waals surface area contributed by atoms with E-state index in [0.29, 0.717) is 0 Å². The Labute approximate surface area is 100 Å². The maximum absolute atomic E-state index is 5.38. The number of furan rings is 1. The highest BCUT2D eigenvalue weighted by Crippen LogP contribution is 2.30. The largest absolute Gasteiger partial charge is 0.464 e. The van der Waals surface area contributed by atoms with Gasteiger partial charge in [0.2, 0.25) is 0 Å². The zero-order valence-electron chi connectivity index (χ0n) is 8.22. The monoisotopic (exact) mass is 274 g/mol. The summed E-state index contributed by atoms with van der Waals surface area (Å²) >= 11 is 3.46. The normalized spacial score (nSPS) is 10.8. The number of rotatable bonds is 1. The zero-order chi connectivity index (χ0) is 11.0. The van der Waals surface area contributed by atoms with Gasteiger partial charge in [-0.05, 0) is 40.2 Å². The lowest BCUT2D eigenvalue weighted by molar-refractivity contribution is 0.583. The summed E-state index contributed by atoms with van der Waals surface area (Å²) < 4.78 is 6.32. The summed E-state index contributed by atoms with van der Waals surface area (Å²) in [6.07, 6.45) is 5.01. The van der Waals surface area contributed by atoms with Crippen LogP contribution in [0, 0.1) is 0 Å². The minimum atomic E-state index is 0.804. The van der Waals surface area contributed by atoms with Crippen molar-refractivity contribution in [2.24, 2.45) is 0 Å². The lowest BCUT2D eigenvalue weighted by atomic mass is 10.1. The summed E-state index contributed by atoms with van der Waals surface area (Å²) in [4.78, 5) is 8.65. The first-order chi connectivity index (χ1) is 7.86. The fourth-order valence-corrected chi connectivity index (χ4v) is 2.08. The van der Waals surface area contributed by atoms with Crippen LogP contribution in [0.2, 0.25) is 0 Å². The van der Waals surface area contributed by atoms with Crippen LogP contribution in [0.15, 0.2) is 51.8 Å². The Morgan fingerprint density at radius 1 is 1.00 bits per heavy atom. The number of fused-ring (bicyclic) bond motifs is 1. The molecule has 78 valence electrons. The summed E-state index contributed by atoms with van der Waals surface area (Å²) in [5.41, 5.74) is 2.64. The molecule has 0 unspecified atom stereocenters. The predicted octanol–water partition coefficient (Wildman–Crippen LogP) is 3.65. The van der Waals surface area contributed by atoms with Crippen LogP contribution >= 0.6 is 15.9 Å². The van der Waals surface area contributed by atoms with E-state index < -0.39 is 0 Å². The third-order valence-electron chi connectivity index (χ3n) is 2.36. The molecule has 0 radical (unpaired) electrons. The minimum absolute atomic E-state index is 0.804. The first-order valence-corrected chi connectivity index (χ1v) is 5.58.